The topological polar surface area (TPSA) is 105 Å². The molecule has 8 nitrogen and oxygen atoms in total. The number of benzene rings is 7. The number of hydrogen-bond acceptors (Lipinski definition) is 8. The van der Waals surface area contributed by atoms with Crippen molar-refractivity contribution in [1.82, 2.24) is 0 Å². The van der Waals surface area contributed by atoms with E-state index in [2.05, 4.69) is 122 Å². The fraction of sp³-hybridized carbons (Fsp3) is 0.233. The summed E-state index contributed by atoms with van der Waals surface area (Å²) in [6, 6.07) is 47.1. The zero-order valence-electron chi connectivity index (χ0n) is 38.6. The Morgan fingerprint density at radius 3 is 1.18 bits per heavy atom. The smallest absolute Gasteiger partial charge is 0.330 e. The number of fused-ring (bicyclic) bond motifs is 8. The minimum absolute atomic E-state index is 0.143. The van der Waals surface area contributed by atoms with Gasteiger partial charge < -0.3 is 18.9 Å². The highest BCUT2D eigenvalue weighted by molar-refractivity contribution is 6.21. The van der Waals surface area contributed by atoms with Crippen LogP contribution in [0.1, 0.15) is 74.6 Å². The summed E-state index contributed by atoms with van der Waals surface area (Å²) >= 11 is 0. The van der Waals surface area contributed by atoms with Gasteiger partial charge in [0, 0.05) is 25.0 Å². The molecule has 68 heavy (non-hydrogen) atoms. The lowest BCUT2D eigenvalue weighted by atomic mass is 9.74. The van der Waals surface area contributed by atoms with Gasteiger partial charge in [0.2, 0.25) is 0 Å². The fourth-order valence-corrected chi connectivity index (χ4v) is 10.8. The zero-order chi connectivity index (χ0) is 47.4. The molecule has 0 saturated heterocycles. The normalized spacial score (nSPS) is 16.3. The molecular weight excluding hydrogens is 849 g/mol. The third-order valence-corrected chi connectivity index (χ3v) is 13.9. The Balaban J connectivity index is 1.21. The van der Waals surface area contributed by atoms with E-state index in [4.69, 9.17) is 18.9 Å². The van der Waals surface area contributed by atoms with Gasteiger partial charge in [-0.2, -0.15) is 0 Å². The van der Waals surface area contributed by atoms with Crippen LogP contribution < -0.4 is 0 Å². The van der Waals surface area contributed by atoms with Crippen LogP contribution in [0.25, 0.3) is 66.1 Å². The Morgan fingerprint density at radius 2 is 0.809 bits per heavy atom. The van der Waals surface area contributed by atoms with Crippen molar-refractivity contribution in [3.8, 4) is 44.5 Å². The quantitative estimate of drug-likeness (QED) is 0.0276. The van der Waals surface area contributed by atoms with Gasteiger partial charge in [0.05, 0.1) is 24.0 Å². The molecule has 7 aromatic rings. The Bertz CT molecular complexity index is 2880. The molecule has 0 spiro atoms. The molecule has 8 heteroatoms. The van der Waals surface area contributed by atoms with Crippen molar-refractivity contribution in [2.75, 3.05) is 26.4 Å². The van der Waals surface area contributed by atoms with Crippen molar-refractivity contribution in [3.63, 3.8) is 0 Å². The van der Waals surface area contributed by atoms with Gasteiger partial charge in [0.15, 0.2) is 0 Å². The van der Waals surface area contributed by atoms with Gasteiger partial charge in [-0.25, -0.2) is 9.59 Å². The van der Waals surface area contributed by atoms with E-state index in [0.717, 1.165) is 88.3 Å². The van der Waals surface area contributed by atoms with Crippen LogP contribution in [0.3, 0.4) is 0 Å². The lowest BCUT2D eigenvalue weighted by Crippen LogP contribution is -2.33. The van der Waals surface area contributed by atoms with E-state index < -0.39 is 22.8 Å². The first-order valence-electron chi connectivity index (χ1n) is 23.5. The zero-order valence-corrected chi connectivity index (χ0v) is 38.6. The van der Waals surface area contributed by atoms with Crippen LogP contribution in [-0.2, 0) is 49.0 Å². The molecule has 0 N–H and O–H groups in total. The number of esters is 4. The summed E-state index contributed by atoms with van der Waals surface area (Å²) in [4.78, 5) is 50.0. The number of rotatable bonds is 18. The van der Waals surface area contributed by atoms with Crippen molar-refractivity contribution < 1.29 is 38.1 Å². The van der Waals surface area contributed by atoms with Gasteiger partial charge >= 0.3 is 23.9 Å². The predicted octanol–water partition coefficient (Wildman–Crippen LogP) is 12.8. The molecule has 2 unspecified atom stereocenters. The summed E-state index contributed by atoms with van der Waals surface area (Å²) in [5.74, 6) is -1.50. The van der Waals surface area contributed by atoms with E-state index in [-0.39, 0.29) is 51.2 Å². The van der Waals surface area contributed by atoms with E-state index in [1.807, 2.05) is 24.3 Å². The molecule has 2 aliphatic rings. The summed E-state index contributed by atoms with van der Waals surface area (Å²) in [6.45, 7) is 11.4. The van der Waals surface area contributed by atoms with E-state index >= 15 is 0 Å². The molecule has 0 heterocycles. The third-order valence-electron chi connectivity index (χ3n) is 13.9. The standard InChI is InChI=1S/C60H54O8/c1-5-53(61)65-33-17-31-59(37-67-55(63)7-3)49-25-15-13-19-41(49)43-29-27-39(35-51(43)59)57-45-21-9-11-23-47(45)58(48-24-12-10-22-46(48)57)40-28-30-44-42-20-14-16-26-50(42)60(52(44)36-40,38-68-56(64)8-4)32-18-34-66-54(62)6-2/h5-6,9-16,19-30,35-36H,1-2,7-8,17-18,31-34,37-38H2,3-4H3. The summed E-state index contributed by atoms with van der Waals surface area (Å²) in [6.07, 6.45) is 5.07. The Hall–Kier alpha value is -7.58. The number of carbonyl (C=O) groups excluding carboxylic acids is 4. The minimum Gasteiger partial charge on any atom is -0.464 e. The summed E-state index contributed by atoms with van der Waals surface area (Å²) < 4.78 is 23.1. The van der Waals surface area contributed by atoms with Crippen LogP contribution in [0.5, 0.6) is 0 Å². The molecule has 0 amide bonds. The molecule has 0 bridgehead atoms. The van der Waals surface area contributed by atoms with E-state index in [0.29, 0.717) is 25.7 Å². The van der Waals surface area contributed by atoms with Crippen molar-refractivity contribution in [1.29, 1.82) is 0 Å². The highest BCUT2D eigenvalue weighted by atomic mass is 16.5. The number of ether oxygens (including phenoxy) is 4. The molecule has 9 rings (SSSR count). The Morgan fingerprint density at radius 1 is 0.456 bits per heavy atom. The average Bonchev–Trinajstić information content (AvgIpc) is 3.82. The Labute approximate surface area is 397 Å². The van der Waals surface area contributed by atoms with Gasteiger partial charge in [0.25, 0.3) is 0 Å². The predicted molar refractivity (Wildman–Crippen MR) is 268 cm³/mol. The van der Waals surface area contributed by atoms with E-state index in [1.165, 1.54) is 12.2 Å². The second-order valence-corrected chi connectivity index (χ2v) is 17.6. The summed E-state index contributed by atoms with van der Waals surface area (Å²) in [7, 11) is 0. The third kappa shape index (κ3) is 8.08. The fourth-order valence-electron chi connectivity index (χ4n) is 10.8. The van der Waals surface area contributed by atoms with Gasteiger partial charge in [-0.15, -0.1) is 0 Å². The van der Waals surface area contributed by atoms with Crippen LogP contribution in [-0.4, -0.2) is 50.3 Å². The maximum absolute atomic E-state index is 12.9. The molecule has 2 aliphatic carbocycles. The molecule has 0 aliphatic heterocycles. The van der Waals surface area contributed by atoms with Gasteiger partial charge in [-0.1, -0.05) is 148 Å². The highest BCUT2D eigenvalue weighted by Crippen LogP contribution is 2.56. The molecule has 0 aromatic heterocycles. The summed E-state index contributed by atoms with van der Waals surface area (Å²) in [5, 5.41) is 4.30. The maximum atomic E-state index is 12.9. The lowest BCUT2D eigenvalue weighted by Gasteiger charge is -2.32. The molecule has 0 saturated carbocycles. The highest BCUT2D eigenvalue weighted by Gasteiger charge is 2.46. The second kappa shape index (κ2) is 19.3. The number of carbonyl (C=O) groups is 4. The molecule has 0 radical (unpaired) electrons. The lowest BCUT2D eigenvalue weighted by molar-refractivity contribution is -0.145. The van der Waals surface area contributed by atoms with Crippen molar-refractivity contribution in [2.24, 2.45) is 0 Å². The average molecular weight is 903 g/mol. The van der Waals surface area contributed by atoms with Crippen LogP contribution >= 0.6 is 0 Å². The minimum atomic E-state index is -0.702. The van der Waals surface area contributed by atoms with Gasteiger partial charge in [-0.05, 0) is 126 Å². The number of hydrogen-bond donors (Lipinski definition) is 0. The first-order chi connectivity index (χ1) is 33.2. The van der Waals surface area contributed by atoms with Crippen LogP contribution in [0.15, 0.2) is 159 Å². The molecule has 0 fully saturated rings. The molecule has 342 valence electrons. The molecule has 7 aromatic carbocycles. The van der Waals surface area contributed by atoms with Crippen LogP contribution in [0.4, 0.5) is 0 Å². The largest absolute Gasteiger partial charge is 0.464 e. The summed E-state index contributed by atoms with van der Waals surface area (Å²) in [5.41, 5.74) is 11.4. The van der Waals surface area contributed by atoms with E-state index in [1.54, 1.807) is 13.8 Å². The van der Waals surface area contributed by atoms with Crippen molar-refractivity contribution >= 4 is 45.4 Å². The van der Waals surface area contributed by atoms with Gasteiger partial charge in [-0.3, -0.25) is 9.59 Å². The van der Waals surface area contributed by atoms with Crippen molar-refractivity contribution in [3.05, 3.63) is 181 Å². The molecule has 2 atom stereocenters. The first-order valence-corrected chi connectivity index (χ1v) is 23.5. The Kier molecular flexibility index (Phi) is 13.0. The first kappa shape index (κ1) is 45.6. The van der Waals surface area contributed by atoms with Crippen molar-refractivity contribution in [2.45, 2.75) is 63.2 Å². The second-order valence-electron chi connectivity index (χ2n) is 17.6. The van der Waals surface area contributed by atoms with Gasteiger partial charge in [0.1, 0.15) is 13.2 Å². The monoisotopic (exact) mass is 902 g/mol. The van der Waals surface area contributed by atoms with Crippen LogP contribution in [0, 0.1) is 0 Å². The van der Waals surface area contributed by atoms with Crippen LogP contribution in [0.2, 0.25) is 0 Å². The SMILES string of the molecule is C=CC(=O)OCCCC1(COC(=O)CC)c2ccccc2-c2ccc(-c3c4ccccc4c(-c4ccc5c(c4)C(CCCOC(=O)C=C)(COC(=O)CC)c4ccccc4-5)c4ccccc34)cc21. The van der Waals surface area contributed by atoms with E-state index in [9.17, 15) is 19.2 Å². The molecular formula is C60H54O8. The maximum Gasteiger partial charge on any atom is 0.330 e.